The van der Waals surface area contributed by atoms with E-state index in [9.17, 15) is 5.11 Å². The van der Waals surface area contributed by atoms with E-state index in [1.165, 1.54) is 0 Å². The quantitative estimate of drug-likeness (QED) is 0.742. The van der Waals surface area contributed by atoms with Gasteiger partial charge in [-0.05, 0) is 24.6 Å². The van der Waals surface area contributed by atoms with E-state index in [2.05, 4.69) is 0 Å². The fourth-order valence-electron chi connectivity index (χ4n) is 2.27. The summed E-state index contributed by atoms with van der Waals surface area (Å²) >= 11 is 0. The Morgan fingerprint density at radius 2 is 2.17 bits per heavy atom. The number of rotatable bonds is 0. The molecular formula is C15H14O3. The lowest BCUT2D eigenvalue weighted by Gasteiger charge is -2.21. The number of hydrogen-bond donors (Lipinski definition) is 1. The van der Waals surface area contributed by atoms with Crippen molar-refractivity contribution in [3.8, 4) is 5.75 Å². The van der Waals surface area contributed by atoms with Crippen LogP contribution >= 0.6 is 0 Å². The zero-order valence-electron chi connectivity index (χ0n) is 10.1. The monoisotopic (exact) mass is 242 g/mol. The zero-order valence-corrected chi connectivity index (χ0v) is 10.1. The van der Waals surface area contributed by atoms with E-state index in [-0.39, 0.29) is 18.6 Å². The number of ether oxygens (including phenoxy) is 2. The molecule has 0 bridgehead atoms. The molecule has 3 rings (SSSR count). The predicted molar refractivity (Wildman–Crippen MR) is 69.0 cm³/mol. The van der Waals surface area contributed by atoms with E-state index < -0.39 is 0 Å². The van der Waals surface area contributed by atoms with Gasteiger partial charge in [0.2, 0.25) is 0 Å². The second kappa shape index (κ2) is 4.35. The van der Waals surface area contributed by atoms with Crippen LogP contribution in [-0.2, 0) is 9.47 Å². The smallest absolute Gasteiger partial charge is 0.189 e. The summed E-state index contributed by atoms with van der Waals surface area (Å²) in [4.78, 5) is 0. The molecule has 0 fully saturated rings. The van der Waals surface area contributed by atoms with Crippen molar-refractivity contribution >= 4 is 11.8 Å². The van der Waals surface area contributed by atoms with Crippen LogP contribution < -0.4 is 10.4 Å². The van der Waals surface area contributed by atoms with Gasteiger partial charge in [0, 0.05) is 10.4 Å². The van der Waals surface area contributed by atoms with Gasteiger partial charge in [-0.3, -0.25) is 0 Å². The highest BCUT2D eigenvalue weighted by atomic mass is 16.7. The first-order valence-electron chi connectivity index (χ1n) is 5.88. The van der Waals surface area contributed by atoms with Crippen LogP contribution in [0.2, 0.25) is 0 Å². The highest BCUT2D eigenvalue weighted by Crippen LogP contribution is 2.20. The average molecular weight is 242 g/mol. The van der Waals surface area contributed by atoms with Crippen molar-refractivity contribution in [1.82, 2.24) is 0 Å². The Hall–Kier alpha value is -2.00. The maximum absolute atomic E-state index is 10.1. The topological polar surface area (TPSA) is 38.7 Å². The summed E-state index contributed by atoms with van der Waals surface area (Å²) in [6.07, 6.45) is 7.50. The van der Waals surface area contributed by atoms with Gasteiger partial charge in [-0.2, -0.15) is 0 Å². The molecule has 0 saturated carbocycles. The molecule has 0 spiro atoms. The van der Waals surface area contributed by atoms with Crippen molar-refractivity contribution in [3.63, 3.8) is 0 Å². The van der Waals surface area contributed by atoms with Gasteiger partial charge in [0.05, 0.1) is 6.26 Å². The maximum Gasteiger partial charge on any atom is 0.189 e. The summed E-state index contributed by atoms with van der Waals surface area (Å²) < 4.78 is 11.0. The molecule has 1 heterocycles. The Labute approximate surface area is 105 Å². The van der Waals surface area contributed by atoms with Crippen LogP contribution in [0.1, 0.15) is 6.92 Å². The maximum atomic E-state index is 10.1. The van der Waals surface area contributed by atoms with Crippen LogP contribution in [0, 0.1) is 0 Å². The number of hydrogen-bond acceptors (Lipinski definition) is 3. The van der Waals surface area contributed by atoms with E-state index in [1.807, 2.05) is 31.2 Å². The van der Waals surface area contributed by atoms with E-state index in [0.717, 1.165) is 21.6 Å². The molecule has 0 radical (unpaired) electrons. The Morgan fingerprint density at radius 1 is 1.28 bits per heavy atom. The molecule has 92 valence electrons. The first-order valence-corrected chi connectivity index (χ1v) is 5.88. The third-order valence-electron chi connectivity index (χ3n) is 3.14. The number of benzene rings is 1. The van der Waals surface area contributed by atoms with Crippen LogP contribution in [0.4, 0.5) is 0 Å². The van der Waals surface area contributed by atoms with Gasteiger partial charge in [0.15, 0.2) is 6.79 Å². The van der Waals surface area contributed by atoms with Crippen LogP contribution in [-0.4, -0.2) is 18.0 Å². The van der Waals surface area contributed by atoms with E-state index in [4.69, 9.17) is 9.47 Å². The molecule has 1 aromatic carbocycles. The van der Waals surface area contributed by atoms with Crippen molar-refractivity contribution in [2.24, 2.45) is 0 Å². The first-order chi connectivity index (χ1) is 8.75. The Balaban J connectivity index is 2.37. The summed E-state index contributed by atoms with van der Waals surface area (Å²) in [6.45, 7) is 2.23. The Bertz CT molecular complexity index is 653. The molecule has 0 amide bonds. The molecule has 3 heteroatoms. The highest BCUT2D eigenvalue weighted by molar-refractivity contribution is 5.68. The largest absolute Gasteiger partial charge is 0.507 e. The summed E-state index contributed by atoms with van der Waals surface area (Å²) in [6, 6.07) is 5.40. The van der Waals surface area contributed by atoms with Crippen molar-refractivity contribution in [1.29, 1.82) is 0 Å². The highest BCUT2D eigenvalue weighted by Gasteiger charge is 2.17. The fraction of sp³-hybridized carbons (Fsp3) is 0.200. The van der Waals surface area contributed by atoms with Crippen molar-refractivity contribution < 1.29 is 14.6 Å². The molecule has 18 heavy (non-hydrogen) atoms. The second-order valence-corrected chi connectivity index (χ2v) is 4.43. The van der Waals surface area contributed by atoms with E-state index >= 15 is 0 Å². The van der Waals surface area contributed by atoms with E-state index in [1.54, 1.807) is 18.4 Å². The number of fused-ring (bicyclic) bond motifs is 2. The van der Waals surface area contributed by atoms with Gasteiger partial charge in [0.25, 0.3) is 0 Å². The van der Waals surface area contributed by atoms with Gasteiger partial charge < -0.3 is 14.6 Å². The minimum atomic E-state index is -0.171. The summed E-state index contributed by atoms with van der Waals surface area (Å²) in [5, 5.41) is 11.7. The second-order valence-electron chi connectivity index (χ2n) is 4.43. The van der Waals surface area contributed by atoms with Crippen LogP contribution in [0.15, 0.2) is 42.0 Å². The zero-order chi connectivity index (χ0) is 12.5. The molecule has 1 atom stereocenters. The van der Waals surface area contributed by atoms with Gasteiger partial charge in [0.1, 0.15) is 11.9 Å². The molecule has 1 unspecified atom stereocenters. The minimum absolute atomic E-state index is 0.171. The van der Waals surface area contributed by atoms with Gasteiger partial charge in [-0.15, -0.1) is 0 Å². The van der Waals surface area contributed by atoms with Gasteiger partial charge in [-0.25, -0.2) is 0 Å². The average Bonchev–Trinajstić information content (AvgIpc) is 2.33. The van der Waals surface area contributed by atoms with Crippen LogP contribution in [0.3, 0.4) is 0 Å². The Morgan fingerprint density at radius 3 is 3.06 bits per heavy atom. The number of allylic oxidation sites excluding steroid dienone is 2. The number of phenols is 1. The van der Waals surface area contributed by atoms with E-state index in [0.29, 0.717) is 0 Å². The third kappa shape index (κ3) is 1.83. The lowest BCUT2D eigenvalue weighted by molar-refractivity contribution is -0.00694. The third-order valence-corrected chi connectivity index (χ3v) is 3.14. The summed E-state index contributed by atoms with van der Waals surface area (Å²) in [5.41, 5.74) is 2.11. The number of aromatic hydroxyl groups is 1. The number of phenolic OH excluding ortho intramolecular Hbond substituents is 1. The van der Waals surface area contributed by atoms with Crippen LogP contribution in [0.25, 0.3) is 11.8 Å². The molecule has 0 saturated heterocycles. The minimum Gasteiger partial charge on any atom is -0.507 e. The first kappa shape index (κ1) is 11.1. The normalized spacial score (nSPS) is 24.7. The molecule has 1 N–H and O–H groups in total. The molecule has 3 nitrogen and oxygen atoms in total. The standard InChI is InChI=1S/C15H14O3/c1-10-5-6-12-14(7-10)18-9-17-8-11-3-2-4-13(16)15(11)12/h2-8,14,16H,9H2,1H3/b11-8?,15-12+. The molecule has 1 aliphatic heterocycles. The molecular weight excluding hydrogens is 228 g/mol. The van der Waals surface area contributed by atoms with Crippen molar-refractivity contribution in [2.75, 3.05) is 6.79 Å². The molecule has 1 aliphatic carbocycles. The SMILES string of the molecule is CC1=CC2OCOC=c3cccc(O)/c3=C/2C=C1. The van der Waals surface area contributed by atoms with Crippen molar-refractivity contribution in [3.05, 3.63) is 52.4 Å². The lowest BCUT2D eigenvalue weighted by Crippen LogP contribution is -2.34. The molecule has 2 aliphatic rings. The fourth-order valence-corrected chi connectivity index (χ4v) is 2.27. The lowest BCUT2D eigenvalue weighted by atomic mass is 9.97. The Kier molecular flexibility index (Phi) is 2.68. The molecule has 0 aromatic heterocycles. The van der Waals surface area contributed by atoms with Gasteiger partial charge >= 0.3 is 0 Å². The van der Waals surface area contributed by atoms with Crippen LogP contribution in [0.5, 0.6) is 5.75 Å². The van der Waals surface area contributed by atoms with Gasteiger partial charge in [-0.1, -0.05) is 29.9 Å². The predicted octanol–water partition coefficient (Wildman–Crippen LogP) is 1.17. The summed E-state index contributed by atoms with van der Waals surface area (Å²) in [7, 11) is 0. The van der Waals surface area contributed by atoms with Crippen molar-refractivity contribution in [2.45, 2.75) is 13.0 Å². The molecule has 1 aromatic rings. The summed E-state index contributed by atoms with van der Waals surface area (Å²) in [5.74, 6) is 0.246.